The van der Waals surface area contributed by atoms with E-state index in [4.69, 9.17) is 14.6 Å². The molecule has 0 radical (unpaired) electrons. The molecule has 0 saturated carbocycles. The van der Waals surface area contributed by atoms with Gasteiger partial charge in [-0.1, -0.05) is 6.07 Å². The number of nitrogens with one attached hydrogen (secondary N) is 1. The van der Waals surface area contributed by atoms with E-state index in [2.05, 4.69) is 10.3 Å². The number of carbonyl (C=O) groups excluding carboxylic acids is 1. The number of nitrogens with zero attached hydrogens (tertiary/aromatic N) is 1. The fourth-order valence-corrected chi connectivity index (χ4v) is 2.66. The molecular weight excluding hydrogens is 304 g/mol. The van der Waals surface area contributed by atoms with E-state index in [0.29, 0.717) is 30.3 Å². The molecule has 1 saturated heterocycles. The molecule has 1 fully saturated rings. The van der Waals surface area contributed by atoms with Crippen LogP contribution in [-0.4, -0.2) is 43.6 Å². The van der Waals surface area contributed by atoms with Gasteiger partial charge in [-0.25, -0.2) is 0 Å². The Labute approximate surface area is 133 Å². The third kappa shape index (κ3) is 4.02. The summed E-state index contributed by atoms with van der Waals surface area (Å²) in [5, 5.41) is 11.3. The average molecular weight is 322 g/mol. The Balaban J connectivity index is 2.26. The third-order valence-corrected chi connectivity index (χ3v) is 3.77. The molecule has 6 nitrogen and oxygen atoms in total. The molecule has 1 aromatic carbocycles. The molecule has 118 valence electrons. The number of hydrogen-bond acceptors (Lipinski definition) is 6. The summed E-state index contributed by atoms with van der Waals surface area (Å²) in [5.74, 6) is 1.81. The van der Waals surface area contributed by atoms with Gasteiger partial charge in [-0.15, -0.1) is 0 Å². The van der Waals surface area contributed by atoms with Crippen LogP contribution in [0.15, 0.2) is 28.1 Å². The highest BCUT2D eigenvalue weighted by molar-refractivity contribution is 8.18. The largest absolute Gasteiger partial charge is 0.493 e. The first-order chi connectivity index (χ1) is 10.7. The van der Waals surface area contributed by atoms with Crippen molar-refractivity contribution in [1.29, 1.82) is 0 Å². The van der Waals surface area contributed by atoms with E-state index in [1.54, 1.807) is 14.2 Å². The lowest BCUT2D eigenvalue weighted by Crippen LogP contribution is -2.19. The Morgan fingerprint density at radius 3 is 2.77 bits per heavy atom. The van der Waals surface area contributed by atoms with Gasteiger partial charge in [0.1, 0.15) is 5.84 Å². The fourth-order valence-electron chi connectivity index (χ4n) is 1.90. The van der Waals surface area contributed by atoms with Crippen LogP contribution < -0.4 is 14.8 Å². The van der Waals surface area contributed by atoms with E-state index in [1.165, 1.54) is 0 Å². The molecule has 0 atom stereocenters. The lowest BCUT2D eigenvalue weighted by Gasteiger charge is -2.08. The van der Waals surface area contributed by atoms with Crippen molar-refractivity contribution >= 4 is 28.9 Å². The highest BCUT2D eigenvalue weighted by atomic mass is 32.2. The summed E-state index contributed by atoms with van der Waals surface area (Å²) in [4.78, 5) is 16.6. The number of carbonyl (C=O) groups is 1. The van der Waals surface area contributed by atoms with E-state index in [1.807, 2.05) is 24.3 Å². The highest BCUT2D eigenvalue weighted by Crippen LogP contribution is 2.31. The normalized spacial score (nSPS) is 17.9. The summed E-state index contributed by atoms with van der Waals surface area (Å²) >= 11 is 1.10. The Kier molecular flexibility index (Phi) is 5.85. The van der Waals surface area contributed by atoms with Crippen molar-refractivity contribution in [3.8, 4) is 11.5 Å². The SMILES string of the molecule is COc1ccc(/C=C2\SC(=O)NC2=NCCCO)cc1OC. The minimum Gasteiger partial charge on any atom is -0.493 e. The molecule has 1 heterocycles. The number of hydrogen-bond donors (Lipinski definition) is 2. The van der Waals surface area contributed by atoms with Crippen LogP contribution in [0.25, 0.3) is 6.08 Å². The van der Waals surface area contributed by atoms with Gasteiger partial charge in [0.05, 0.1) is 19.1 Å². The third-order valence-electron chi connectivity index (χ3n) is 2.95. The van der Waals surface area contributed by atoms with Crippen molar-refractivity contribution in [3.05, 3.63) is 28.7 Å². The van der Waals surface area contributed by atoms with Gasteiger partial charge in [0.25, 0.3) is 5.24 Å². The Morgan fingerprint density at radius 1 is 1.32 bits per heavy atom. The van der Waals surface area contributed by atoms with Crippen LogP contribution >= 0.6 is 11.8 Å². The number of thioether (sulfide) groups is 1. The summed E-state index contributed by atoms with van der Waals surface area (Å²) in [5.41, 5.74) is 0.881. The predicted octanol–water partition coefficient (Wildman–Crippen LogP) is 2.28. The van der Waals surface area contributed by atoms with E-state index in [-0.39, 0.29) is 11.8 Å². The number of ether oxygens (including phenoxy) is 2. The number of rotatable bonds is 6. The molecule has 1 amide bonds. The molecule has 0 unspecified atom stereocenters. The van der Waals surface area contributed by atoms with Crippen molar-refractivity contribution in [1.82, 2.24) is 5.32 Å². The second kappa shape index (κ2) is 7.86. The maximum absolute atomic E-state index is 11.5. The smallest absolute Gasteiger partial charge is 0.289 e. The molecule has 7 heteroatoms. The van der Waals surface area contributed by atoms with Crippen LogP contribution in [-0.2, 0) is 0 Å². The number of methoxy groups -OCH3 is 2. The summed E-state index contributed by atoms with van der Waals surface area (Å²) < 4.78 is 10.5. The van der Waals surface area contributed by atoms with Crippen LogP contribution in [0.3, 0.4) is 0 Å². The van der Waals surface area contributed by atoms with Gasteiger partial charge >= 0.3 is 0 Å². The molecule has 0 aromatic heterocycles. The fraction of sp³-hybridized carbons (Fsp3) is 0.333. The average Bonchev–Trinajstić information content (AvgIpc) is 2.87. The quantitative estimate of drug-likeness (QED) is 0.786. The van der Waals surface area contributed by atoms with E-state index >= 15 is 0 Å². The number of aliphatic imine (C=N–C) groups is 1. The molecular formula is C15H18N2O4S. The van der Waals surface area contributed by atoms with Crippen molar-refractivity contribution in [2.24, 2.45) is 4.99 Å². The summed E-state index contributed by atoms with van der Waals surface area (Å²) in [6, 6.07) is 5.52. The monoisotopic (exact) mass is 322 g/mol. The zero-order valence-electron chi connectivity index (χ0n) is 12.5. The number of amides is 1. The van der Waals surface area contributed by atoms with Gasteiger partial charge < -0.3 is 19.9 Å². The molecule has 0 aliphatic carbocycles. The predicted molar refractivity (Wildman–Crippen MR) is 87.7 cm³/mol. The molecule has 2 rings (SSSR count). The van der Waals surface area contributed by atoms with Crippen LogP contribution in [0.4, 0.5) is 4.79 Å². The molecule has 1 aromatic rings. The van der Waals surface area contributed by atoms with Crippen molar-refractivity contribution < 1.29 is 19.4 Å². The van der Waals surface area contributed by atoms with Crippen LogP contribution in [0, 0.1) is 0 Å². The van der Waals surface area contributed by atoms with Gasteiger partial charge in [-0.3, -0.25) is 9.79 Å². The van der Waals surface area contributed by atoms with E-state index in [9.17, 15) is 4.79 Å². The van der Waals surface area contributed by atoms with E-state index in [0.717, 1.165) is 22.2 Å². The van der Waals surface area contributed by atoms with Crippen LogP contribution in [0.1, 0.15) is 12.0 Å². The van der Waals surface area contributed by atoms with Crippen molar-refractivity contribution in [3.63, 3.8) is 0 Å². The summed E-state index contributed by atoms with van der Waals surface area (Å²) in [6.07, 6.45) is 2.43. The minimum atomic E-state index is -0.158. The van der Waals surface area contributed by atoms with Crippen molar-refractivity contribution in [2.75, 3.05) is 27.4 Å². The first kappa shape index (κ1) is 16.4. The molecule has 1 aliphatic rings. The van der Waals surface area contributed by atoms with Gasteiger partial charge in [0.15, 0.2) is 11.5 Å². The number of amidine groups is 1. The molecule has 0 bridgehead atoms. The maximum Gasteiger partial charge on any atom is 0.289 e. The van der Waals surface area contributed by atoms with Gasteiger partial charge in [-0.05, 0) is 42.0 Å². The molecule has 0 spiro atoms. The van der Waals surface area contributed by atoms with Gasteiger partial charge in [0.2, 0.25) is 0 Å². The lowest BCUT2D eigenvalue weighted by atomic mass is 10.2. The maximum atomic E-state index is 11.5. The molecule has 2 N–H and O–H groups in total. The Hall–Kier alpha value is -1.99. The molecule has 22 heavy (non-hydrogen) atoms. The molecule has 1 aliphatic heterocycles. The Bertz CT molecular complexity index is 614. The van der Waals surface area contributed by atoms with Gasteiger partial charge in [-0.2, -0.15) is 0 Å². The Morgan fingerprint density at radius 2 is 2.09 bits per heavy atom. The minimum absolute atomic E-state index is 0.0760. The van der Waals surface area contributed by atoms with Crippen LogP contribution in [0.5, 0.6) is 11.5 Å². The summed E-state index contributed by atoms with van der Waals surface area (Å²) in [6.45, 7) is 0.544. The van der Waals surface area contributed by atoms with Crippen LogP contribution in [0.2, 0.25) is 0 Å². The lowest BCUT2D eigenvalue weighted by molar-refractivity contribution is 0.265. The first-order valence-corrected chi connectivity index (χ1v) is 7.58. The summed E-state index contributed by atoms with van der Waals surface area (Å²) in [7, 11) is 3.16. The second-order valence-electron chi connectivity index (χ2n) is 4.45. The number of aliphatic hydroxyl groups excluding tert-OH is 1. The first-order valence-electron chi connectivity index (χ1n) is 6.76. The zero-order valence-corrected chi connectivity index (χ0v) is 13.3. The second-order valence-corrected chi connectivity index (χ2v) is 5.46. The van der Waals surface area contributed by atoms with Crippen molar-refractivity contribution in [2.45, 2.75) is 6.42 Å². The number of aliphatic hydroxyl groups is 1. The zero-order chi connectivity index (χ0) is 15.9. The van der Waals surface area contributed by atoms with E-state index < -0.39 is 0 Å². The van der Waals surface area contributed by atoms with Gasteiger partial charge in [0, 0.05) is 13.2 Å². The number of benzene rings is 1. The highest BCUT2D eigenvalue weighted by Gasteiger charge is 2.23. The topological polar surface area (TPSA) is 80.2 Å². The standard InChI is InChI=1S/C15H18N2O4S/c1-20-11-5-4-10(8-12(11)21-2)9-13-14(16-6-3-7-18)17-15(19)22-13/h4-5,8-9,18H,3,6-7H2,1-2H3,(H,16,17,19)/b13-9-.